The van der Waals surface area contributed by atoms with Crippen molar-refractivity contribution in [1.82, 2.24) is 24.8 Å². The van der Waals surface area contributed by atoms with E-state index >= 15 is 8.78 Å². The third kappa shape index (κ3) is 9.93. The molecule has 412 valence electrons. The minimum absolute atomic E-state index is 0.0485. The summed E-state index contributed by atoms with van der Waals surface area (Å²) in [5.41, 5.74) is 4.61. The number of aromatic nitrogens is 3. The number of halogens is 2. The second-order valence-corrected chi connectivity index (χ2v) is 35.5. The molecular weight excluding hydrogens is 1010 g/mol. The van der Waals surface area contributed by atoms with Crippen LogP contribution >= 0.6 is 0 Å². The molecule has 4 fully saturated rings. The standard InChI is InChI=1S/C64H80F2N6O4Si2/c1-42(2)77(43(3)4,44(5)6)36-32-51-54(65)30-27-45-21-19-26-52(55(45)51)57-56(66)58-53(37-67-57)59(70-38-46-28-29-47(39-70)72(46)61(73)76-62(7,8)9)69-60(68-58)74-41-64-33-20-35-71(64)48(31-34-64)40-75-78(63(10,11)12,49-22-15-13-16-23-49)50-24-17-14-18-25-50/h13-19,21-27,30,37,42-44,46-48H,20,28-29,31,33-35,38-41H2,1-12H3. The van der Waals surface area contributed by atoms with Crippen molar-refractivity contribution < 1.29 is 27.5 Å². The van der Waals surface area contributed by atoms with Gasteiger partial charge in [0.2, 0.25) is 0 Å². The predicted molar refractivity (Wildman–Crippen MR) is 316 cm³/mol. The smallest absolute Gasteiger partial charge is 0.410 e. The van der Waals surface area contributed by atoms with Gasteiger partial charge in [-0.15, -0.1) is 5.54 Å². The number of rotatable bonds is 13. The van der Waals surface area contributed by atoms with Crippen molar-refractivity contribution in [3.63, 3.8) is 0 Å². The van der Waals surface area contributed by atoms with Gasteiger partial charge in [-0.3, -0.25) is 14.8 Å². The average Bonchev–Trinajstić information content (AvgIpc) is 4.10. The lowest BCUT2D eigenvalue weighted by atomic mass is 9.95. The van der Waals surface area contributed by atoms with Crippen LogP contribution in [0.3, 0.4) is 0 Å². The number of benzene rings is 4. The zero-order chi connectivity index (χ0) is 55.5. The number of fused-ring (bicyclic) bond motifs is 5. The molecule has 1 amide bonds. The SMILES string of the molecule is CC(C)[Si](C#Cc1c(F)ccc2cccc(-c3ncc4c(N5CC6CCC(C5)N6C(=O)OC(C)(C)C)nc(OCC56CCCN5C(CO[Si](c5ccccc5)(c5ccccc5)C(C)(C)C)CC6)nc4c3F)c12)(C(C)C)C(C)C. The third-order valence-corrected chi connectivity index (χ3v) is 29.3. The van der Waals surface area contributed by atoms with Gasteiger partial charge in [0.15, 0.2) is 5.82 Å². The van der Waals surface area contributed by atoms with Crippen molar-refractivity contribution in [3.8, 4) is 28.7 Å². The lowest BCUT2D eigenvalue weighted by Gasteiger charge is -2.44. The molecule has 6 heterocycles. The average molecular weight is 1090 g/mol. The zero-order valence-corrected chi connectivity index (χ0v) is 50.1. The Kier molecular flexibility index (Phi) is 15.2. The van der Waals surface area contributed by atoms with Crippen LogP contribution in [0.15, 0.2) is 97.2 Å². The molecule has 0 N–H and O–H groups in total. The van der Waals surface area contributed by atoms with Gasteiger partial charge in [-0.25, -0.2) is 13.6 Å². The summed E-state index contributed by atoms with van der Waals surface area (Å²) in [6.07, 6.45) is 6.77. The van der Waals surface area contributed by atoms with Crippen molar-refractivity contribution in [2.24, 2.45) is 0 Å². The number of carbonyl (C=O) groups is 1. The highest BCUT2D eigenvalue weighted by Gasteiger charge is 2.54. The number of nitrogens with zero attached hydrogens (tertiary/aromatic N) is 6. The van der Waals surface area contributed by atoms with Crippen LogP contribution in [-0.4, -0.2) is 109 Å². The Morgan fingerprint density at radius 3 is 2.04 bits per heavy atom. The monoisotopic (exact) mass is 1090 g/mol. The number of carbonyl (C=O) groups excluding carboxylic acids is 1. The van der Waals surface area contributed by atoms with Gasteiger partial charge in [0.25, 0.3) is 8.32 Å². The van der Waals surface area contributed by atoms with Gasteiger partial charge in [0, 0.05) is 36.3 Å². The Balaban J connectivity index is 1.02. The van der Waals surface area contributed by atoms with Gasteiger partial charge in [0.05, 0.1) is 35.2 Å². The number of amides is 1. The van der Waals surface area contributed by atoms with E-state index in [0.717, 1.165) is 50.5 Å². The molecular formula is C64H80F2N6O4Si2. The minimum atomic E-state index is -2.79. The molecule has 4 unspecified atom stereocenters. The summed E-state index contributed by atoms with van der Waals surface area (Å²) in [6, 6.07) is 30.4. The van der Waals surface area contributed by atoms with E-state index in [1.54, 1.807) is 18.3 Å². The van der Waals surface area contributed by atoms with Gasteiger partial charge in [-0.1, -0.05) is 153 Å². The normalized spacial score (nSPS) is 21.0. The molecule has 0 spiro atoms. The maximum absolute atomic E-state index is 18.1. The number of piperazine rings is 1. The van der Waals surface area contributed by atoms with Crippen LogP contribution in [0.25, 0.3) is 32.9 Å². The topological polar surface area (TPSA) is 93.2 Å². The van der Waals surface area contributed by atoms with E-state index in [1.165, 1.54) is 16.4 Å². The van der Waals surface area contributed by atoms with Crippen LogP contribution < -0.4 is 20.0 Å². The molecule has 10 rings (SSSR count). The first-order chi connectivity index (χ1) is 37.1. The van der Waals surface area contributed by atoms with Gasteiger partial charge in [-0.05, 0) is 109 Å². The van der Waals surface area contributed by atoms with Crippen molar-refractivity contribution >= 4 is 60.4 Å². The molecule has 78 heavy (non-hydrogen) atoms. The summed E-state index contributed by atoms with van der Waals surface area (Å²) in [6.45, 7) is 28.8. The van der Waals surface area contributed by atoms with Gasteiger partial charge < -0.3 is 18.8 Å². The molecule has 2 aromatic heterocycles. The summed E-state index contributed by atoms with van der Waals surface area (Å²) in [5.74, 6) is 2.80. The Hall–Kier alpha value is -5.73. The molecule has 6 aromatic rings. The second-order valence-electron chi connectivity index (χ2n) is 25.6. The lowest BCUT2D eigenvalue weighted by molar-refractivity contribution is 0.0122. The van der Waals surface area contributed by atoms with E-state index in [0.29, 0.717) is 65.1 Å². The number of ether oxygens (including phenoxy) is 2. The highest BCUT2D eigenvalue weighted by atomic mass is 28.4. The molecule has 4 aromatic carbocycles. The van der Waals surface area contributed by atoms with E-state index in [2.05, 4.69) is 144 Å². The Morgan fingerprint density at radius 1 is 0.795 bits per heavy atom. The Morgan fingerprint density at radius 2 is 1.44 bits per heavy atom. The fraction of sp³-hybridized carbons (Fsp3) is 0.500. The molecule has 0 radical (unpaired) electrons. The molecule has 0 saturated carbocycles. The quantitative estimate of drug-likeness (QED) is 0.0828. The van der Waals surface area contributed by atoms with Gasteiger partial charge >= 0.3 is 12.1 Å². The van der Waals surface area contributed by atoms with Crippen molar-refractivity contribution in [2.45, 2.75) is 173 Å². The second kappa shape index (κ2) is 21.4. The molecule has 2 bridgehead atoms. The number of hydrogen-bond donors (Lipinski definition) is 0. The number of pyridine rings is 1. The summed E-state index contributed by atoms with van der Waals surface area (Å²) in [4.78, 5) is 35.3. The fourth-order valence-corrected chi connectivity index (χ4v) is 24.3. The molecule has 10 nitrogen and oxygen atoms in total. The molecule has 0 aliphatic carbocycles. The van der Waals surface area contributed by atoms with Gasteiger partial charge in [-0.2, -0.15) is 9.97 Å². The highest BCUT2D eigenvalue weighted by Crippen LogP contribution is 2.46. The summed E-state index contributed by atoms with van der Waals surface area (Å²) in [5, 5.41) is 4.06. The molecule has 4 aliphatic rings. The van der Waals surface area contributed by atoms with E-state index in [1.807, 2.05) is 37.8 Å². The summed E-state index contributed by atoms with van der Waals surface area (Å²) >= 11 is 0. The van der Waals surface area contributed by atoms with Crippen molar-refractivity contribution in [1.29, 1.82) is 0 Å². The van der Waals surface area contributed by atoms with Crippen LogP contribution in [0.2, 0.25) is 21.7 Å². The van der Waals surface area contributed by atoms with Crippen LogP contribution in [0.4, 0.5) is 19.4 Å². The van der Waals surface area contributed by atoms with E-state index < -0.39 is 33.6 Å². The first-order valence-electron chi connectivity index (χ1n) is 28.6. The van der Waals surface area contributed by atoms with Crippen LogP contribution in [0, 0.1) is 23.1 Å². The maximum atomic E-state index is 18.1. The van der Waals surface area contributed by atoms with Crippen molar-refractivity contribution in [3.05, 3.63) is 114 Å². The Bertz CT molecular complexity index is 3170. The van der Waals surface area contributed by atoms with Crippen molar-refractivity contribution in [2.75, 3.05) is 37.7 Å². The zero-order valence-electron chi connectivity index (χ0n) is 48.1. The van der Waals surface area contributed by atoms with Gasteiger partial charge in [0.1, 0.15) is 43.1 Å². The van der Waals surface area contributed by atoms with Crippen LogP contribution in [-0.2, 0) is 9.16 Å². The summed E-state index contributed by atoms with van der Waals surface area (Å²) < 4.78 is 54.8. The first kappa shape index (κ1) is 55.6. The summed E-state index contributed by atoms with van der Waals surface area (Å²) in [7, 11) is -5.07. The maximum Gasteiger partial charge on any atom is 0.410 e. The predicted octanol–water partition coefficient (Wildman–Crippen LogP) is 13.2. The molecule has 4 saturated heterocycles. The lowest BCUT2D eigenvalue weighted by Crippen LogP contribution is -2.67. The van der Waals surface area contributed by atoms with E-state index in [9.17, 15) is 4.79 Å². The number of hydrogen-bond acceptors (Lipinski definition) is 9. The minimum Gasteiger partial charge on any atom is -0.461 e. The van der Waals surface area contributed by atoms with E-state index in [-0.39, 0.29) is 57.6 Å². The molecule has 14 heteroatoms. The number of anilines is 1. The van der Waals surface area contributed by atoms with Crippen LogP contribution in [0.1, 0.15) is 127 Å². The highest BCUT2D eigenvalue weighted by molar-refractivity contribution is 6.99. The Labute approximate surface area is 463 Å². The third-order valence-electron chi connectivity index (χ3n) is 18.0. The fourth-order valence-electron chi connectivity index (χ4n) is 14.5. The first-order valence-corrected chi connectivity index (χ1v) is 32.7. The van der Waals surface area contributed by atoms with Crippen LogP contribution in [0.5, 0.6) is 6.01 Å². The largest absolute Gasteiger partial charge is 0.461 e. The van der Waals surface area contributed by atoms with E-state index in [4.69, 9.17) is 28.9 Å². The molecule has 4 aliphatic heterocycles. The molecule has 4 atom stereocenters.